The van der Waals surface area contributed by atoms with Crippen molar-refractivity contribution in [2.75, 3.05) is 27.4 Å². The van der Waals surface area contributed by atoms with Crippen molar-refractivity contribution >= 4 is 18.0 Å². The summed E-state index contributed by atoms with van der Waals surface area (Å²) < 4.78 is 28.1. The normalized spacial score (nSPS) is 10.5. The van der Waals surface area contributed by atoms with Gasteiger partial charge >= 0.3 is 5.97 Å². The highest BCUT2D eigenvalue weighted by Gasteiger charge is 2.07. The molecule has 0 saturated carbocycles. The van der Waals surface area contributed by atoms with E-state index in [1.807, 2.05) is 12.1 Å². The molecule has 2 aromatic rings. The number of ether oxygens (including phenoxy) is 3. The maximum atomic E-state index is 12.8. The molecular weight excluding hydrogens is 365 g/mol. The first kappa shape index (κ1) is 21.0. The first-order valence-electron chi connectivity index (χ1n) is 8.60. The molecule has 0 unspecified atom stereocenters. The Morgan fingerprint density at radius 2 is 1.75 bits per heavy atom. The molecule has 0 atom stereocenters. The molecule has 1 amide bonds. The van der Waals surface area contributed by atoms with E-state index in [2.05, 4.69) is 5.32 Å². The smallest absolute Gasteiger partial charge is 0.331 e. The van der Waals surface area contributed by atoms with Crippen LogP contribution in [0.5, 0.6) is 11.5 Å². The van der Waals surface area contributed by atoms with Crippen LogP contribution in [0.25, 0.3) is 6.08 Å². The average Bonchev–Trinajstić information content (AvgIpc) is 2.71. The third kappa shape index (κ3) is 6.75. The molecule has 0 bridgehead atoms. The lowest BCUT2D eigenvalue weighted by Crippen LogP contribution is -2.30. The minimum absolute atomic E-state index is 0.357. The third-order valence-electron chi connectivity index (χ3n) is 3.81. The van der Waals surface area contributed by atoms with Gasteiger partial charge in [-0.3, -0.25) is 4.79 Å². The Bertz CT molecular complexity index is 833. The first-order chi connectivity index (χ1) is 13.5. The maximum Gasteiger partial charge on any atom is 0.331 e. The van der Waals surface area contributed by atoms with Crippen molar-refractivity contribution in [3.63, 3.8) is 0 Å². The second kappa shape index (κ2) is 10.7. The average molecular weight is 387 g/mol. The number of nitrogens with one attached hydrogen (secondary N) is 1. The number of carbonyl (C=O) groups excluding carboxylic acids is 2. The van der Waals surface area contributed by atoms with E-state index in [1.165, 1.54) is 36.4 Å². The van der Waals surface area contributed by atoms with Crippen molar-refractivity contribution < 1.29 is 28.2 Å². The summed E-state index contributed by atoms with van der Waals surface area (Å²) in [6.45, 7) is 0.00973. The van der Waals surface area contributed by atoms with Gasteiger partial charge in [-0.1, -0.05) is 18.2 Å². The molecule has 0 radical (unpaired) electrons. The van der Waals surface area contributed by atoms with Crippen LogP contribution < -0.4 is 14.8 Å². The Balaban J connectivity index is 1.71. The highest BCUT2D eigenvalue weighted by Crippen LogP contribution is 2.27. The standard InChI is InChI=1S/C21H22FNO5/c1-26-18-9-5-16(13-19(18)27-2)11-12-23-20(24)14-28-21(25)10-6-15-3-7-17(22)8-4-15/h3-10,13H,11-12,14H2,1-2H3,(H,23,24)/b10-6+. The fourth-order valence-electron chi connectivity index (χ4n) is 2.36. The van der Waals surface area contributed by atoms with Crippen LogP contribution in [0.4, 0.5) is 4.39 Å². The number of halogens is 1. The molecule has 2 aromatic carbocycles. The molecule has 0 spiro atoms. The fourth-order valence-corrected chi connectivity index (χ4v) is 2.36. The van der Waals surface area contributed by atoms with Crippen LogP contribution in [0.15, 0.2) is 48.5 Å². The molecular formula is C21H22FNO5. The van der Waals surface area contributed by atoms with Gasteiger partial charge in [-0.2, -0.15) is 0 Å². The minimum atomic E-state index is -0.653. The predicted molar refractivity (Wildman–Crippen MR) is 103 cm³/mol. The number of rotatable bonds is 9. The van der Waals surface area contributed by atoms with Gasteiger partial charge in [0.2, 0.25) is 0 Å². The van der Waals surface area contributed by atoms with Crippen LogP contribution in [-0.2, 0) is 20.7 Å². The number of hydrogen-bond donors (Lipinski definition) is 1. The lowest BCUT2D eigenvalue weighted by molar-refractivity contribution is -0.143. The van der Waals surface area contributed by atoms with Crippen LogP contribution in [0.3, 0.4) is 0 Å². The van der Waals surface area contributed by atoms with Gasteiger partial charge in [-0.25, -0.2) is 9.18 Å². The van der Waals surface area contributed by atoms with Gasteiger partial charge in [0.15, 0.2) is 18.1 Å². The Labute approximate surface area is 162 Å². The highest BCUT2D eigenvalue weighted by molar-refractivity contribution is 5.89. The van der Waals surface area contributed by atoms with E-state index in [0.717, 1.165) is 5.56 Å². The lowest BCUT2D eigenvalue weighted by atomic mass is 10.1. The van der Waals surface area contributed by atoms with Crippen molar-refractivity contribution in [3.8, 4) is 11.5 Å². The van der Waals surface area contributed by atoms with Gasteiger partial charge in [0.05, 0.1) is 14.2 Å². The van der Waals surface area contributed by atoms with E-state index in [4.69, 9.17) is 14.2 Å². The summed E-state index contributed by atoms with van der Waals surface area (Å²) in [4.78, 5) is 23.4. The SMILES string of the molecule is COc1ccc(CCNC(=O)COC(=O)/C=C/c2ccc(F)cc2)cc1OC. The highest BCUT2D eigenvalue weighted by atomic mass is 19.1. The fraction of sp³-hybridized carbons (Fsp3) is 0.238. The molecule has 0 fully saturated rings. The Morgan fingerprint density at radius 3 is 2.43 bits per heavy atom. The molecule has 2 rings (SSSR count). The van der Waals surface area contributed by atoms with E-state index < -0.39 is 11.9 Å². The molecule has 0 aromatic heterocycles. The molecule has 148 valence electrons. The zero-order valence-electron chi connectivity index (χ0n) is 15.7. The topological polar surface area (TPSA) is 73.9 Å². The Hall–Kier alpha value is -3.35. The predicted octanol–water partition coefficient (Wildman–Crippen LogP) is 2.76. The van der Waals surface area contributed by atoms with Crippen molar-refractivity contribution in [3.05, 3.63) is 65.5 Å². The Kier molecular flexibility index (Phi) is 8.02. The van der Waals surface area contributed by atoms with Crippen LogP contribution in [0.1, 0.15) is 11.1 Å². The number of methoxy groups -OCH3 is 2. The molecule has 0 aliphatic rings. The largest absolute Gasteiger partial charge is 0.493 e. The quantitative estimate of drug-likeness (QED) is 0.529. The van der Waals surface area contributed by atoms with Crippen molar-refractivity contribution in [2.45, 2.75) is 6.42 Å². The van der Waals surface area contributed by atoms with E-state index in [-0.39, 0.29) is 12.4 Å². The van der Waals surface area contributed by atoms with Gasteiger partial charge in [-0.15, -0.1) is 0 Å². The van der Waals surface area contributed by atoms with E-state index in [1.54, 1.807) is 20.3 Å². The number of hydrogen-bond acceptors (Lipinski definition) is 5. The van der Waals surface area contributed by atoms with Gasteiger partial charge < -0.3 is 19.5 Å². The molecule has 0 heterocycles. The summed E-state index contributed by atoms with van der Waals surface area (Å²) in [6.07, 6.45) is 3.26. The van der Waals surface area contributed by atoms with Crippen molar-refractivity contribution in [1.82, 2.24) is 5.32 Å². The second-order valence-corrected chi connectivity index (χ2v) is 5.78. The van der Waals surface area contributed by atoms with Crippen LogP contribution in [-0.4, -0.2) is 39.2 Å². The summed E-state index contributed by atoms with van der Waals surface area (Å²) >= 11 is 0. The van der Waals surface area contributed by atoms with Gasteiger partial charge in [0, 0.05) is 12.6 Å². The number of amides is 1. The Morgan fingerprint density at radius 1 is 1.04 bits per heavy atom. The maximum absolute atomic E-state index is 12.8. The molecule has 0 aliphatic carbocycles. The monoisotopic (exact) mass is 387 g/mol. The van der Waals surface area contributed by atoms with Gasteiger partial charge in [-0.05, 0) is 47.9 Å². The molecule has 6 nitrogen and oxygen atoms in total. The first-order valence-corrected chi connectivity index (χ1v) is 8.60. The van der Waals surface area contributed by atoms with Gasteiger partial charge in [0.1, 0.15) is 5.82 Å². The van der Waals surface area contributed by atoms with Crippen LogP contribution in [0, 0.1) is 5.82 Å². The number of carbonyl (C=O) groups is 2. The minimum Gasteiger partial charge on any atom is -0.493 e. The lowest BCUT2D eigenvalue weighted by Gasteiger charge is -2.10. The molecule has 0 aliphatic heterocycles. The summed E-state index contributed by atoms with van der Waals surface area (Å²) in [5.74, 6) is -0.156. The van der Waals surface area contributed by atoms with Crippen LogP contribution in [0.2, 0.25) is 0 Å². The number of esters is 1. The van der Waals surface area contributed by atoms with Crippen molar-refractivity contribution in [2.24, 2.45) is 0 Å². The summed E-state index contributed by atoms with van der Waals surface area (Å²) in [5, 5.41) is 2.68. The van der Waals surface area contributed by atoms with Gasteiger partial charge in [0.25, 0.3) is 5.91 Å². The summed E-state index contributed by atoms with van der Waals surface area (Å²) in [6, 6.07) is 11.2. The zero-order valence-corrected chi connectivity index (χ0v) is 15.7. The molecule has 1 N–H and O–H groups in total. The van der Waals surface area contributed by atoms with E-state index >= 15 is 0 Å². The number of benzene rings is 2. The summed E-state index contributed by atoms with van der Waals surface area (Å²) in [7, 11) is 3.12. The molecule has 28 heavy (non-hydrogen) atoms. The molecule has 0 saturated heterocycles. The van der Waals surface area contributed by atoms with E-state index in [0.29, 0.717) is 30.0 Å². The zero-order chi connectivity index (χ0) is 20.4. The molecule has 7 heteroatoms. The van der Waals surface area contributed by atoms with E-state index in [9.17, 15) is 14.0 Å². The summed E-state index contributed by atoms with van der Waals surface area (Å²) in [5.41, 5.74) is 1.62. The van der Waals surface area contributed by atoms with Crippen LogP contribution >= 0.6 is 0 Å². The second-order valence-electron chi connectivity index (χ2n) is 5.78. The third-order valence-corrected chi connectivity index (χ3v) is 3.81. The van der Waals surface area contributed by atoms with Crippen molar-refractivity contribution in [1.29, 1.82) is 0 Å².